The molecule has 0 aliphatic rings. The topological polar surface area (TPSA) is 50.9 Å². The lowest BCUT2D eigenvalue weighted by atomic mass is 10.1. The van der Waals surface area contributed by atoms with E-state index in [1.807, 2.05) is 48.5 Å². The third-order valence-corrected chi connectivity index (χ3v) is 3.86. The fraction of sp³-hybridized carbons (Fsp3) is 0. The third-order valence-electron chi connectivity index (χ3n) is 3.15. The van der Waals surface area contributed by atoms with E-state index in [0.717, 1.165) is 32.3 Å². The number of rotatable bonds is 3. The van der Waals surface area contributed by atoms with E-state index in [2.05, 4.69) is 26.2 Å². The van der Waals surface area contributed by atoms with Gasteiger partial charge in [-0.25, -0.2) is 0 Å². The predicted molar refractivity (Wildman–Crippen MR) is 95.1 cm³/mol. The zero-order valence-corrected chi connectivity index (χ0v) is 13.4. The van der Waals surface area contributed by atoms with E-state index in [1.54, 1.807) is 6.20 Å². The highest BCUT2D eigenvalue weighted by Gasteiger charge is 2.08. The van der Waals surface area contributed by atoms with Crippen molar-refractivity contribution in [3.63, 3.8) is 0 Å². The van der Waals surface area contributed by atoms with Gasteiger partial charge >= 0.3 is 0 Å². The van der Waals surface area contributed by atoms with Crippen LogP contribution in [-0.2, 0) is 0 Å². The van der Waals surface area contributed by atoms with Crippen LogP contribution in [0.15, 0.2) is 59.2 Å². The molecule has 0 fully saturated rings. The summed E-state index contributed by atoms with van der Waals surface area (Å²) in [4.78, 5) is 4.80. The Bertz CT molecular complexity index is 827. The van der Waals surface area contributed by atoms with E-state index < -0.39 is 0 Å². The van der Waals surface area contributed by atoms with Crippen molar-refractivity contribution in [2.24, 2.45) is 5.73 Å². The van der Waals surface area contributed by atoms with Crippen molar-refractivity contribution in [1.29, 1.82) is 0 Å². The van der Waals surface area contributed by atoms with Gasteiger partial charge in [-0.1, -0.05) is 46.3 Å². The first-order valence-corrected chi connectivity index (χ1v) is 7.55. The standard InChI is InChI=1S/C16H12BrN3S/c17-11-6-7-12(16(18)21)14(9-11)20-13-5-1-3-10-4-2-8-19-15(10)13/h1-9,20H,(H2,18,21). The van der Waals surface area contributed by atoms with Crippen LogP contribution in [0.4, 0.5) is 11.4 Å². The molecule has 2 aromatic carbocycles. The van der Waals surface area contributed by atoms with E-state index in [0.29, 0.717) is 4.99 Å². The van der Waals surface area contributed by atoms with Gasteiger partial charge in [-0.2, -0.15) is 0 Å². The van der Waals surface area contributed by atoms with Gasteiger partial charge in [0.1, 0.15) is 4.99 Å². The number of nitrogens with one attached hydrogen (secondary N) is 1. The molecule has 0 saturated heterocycles. The number of nitrogens with zero attached hydrogens (tertiary/aromatic N) is 1. The molecule has 3 rings (SSSR count). The van der Waals surface area contributed by atoms with Crippen LogP contribution < -0.4 is 11.1 Å². The number of nitrogens with two attached hydrogens (primary N) is 1. The van der Waals surface area contributed by atoms with Crippen molar-refractivity contribution >= 4 is 55.4 Å². The molecule has 0 amide bonds. The largest absolute Gasteiger partial charge is 0.389 e. The summed E-state index contributed by atoms with van der Waals surface area (Å²) in [7, 11) is 0. The van der Waals surface area contributed by atoms with Crippen LogP contribution in [0.3, 0.4) is 0 Å². The maximum Gasteiger partial charge on any atom is 0.106 e. The quantitative estimate of drug-likeness (QED) is 0.683. The lowest BCUT2D eigenvalue weighted by Gasteiger charge is -2.13. The zero-order chi connectivity index (χ0) is 14.8. The van der Waals surface area contributed by atoms with E-state index in [9.17, 15) is 0 Å². The molecular formula is C16H12BrN3S. The Morgan fingerprint density at radius 3 is 2.71 bits per heavy atom. The highest BCUT2D eigenvalue weighted by Crippen LogP contribution is 2.28. The number of thiocarbonyl (C=S) groups is 1. The molecule has 21 heavy (non-hydrogen) atoms. The van der Waals surface area contributed by atoms with Crippen molar-refractivity contribution < 1.29 is 0 Å². The molecular weight excluding hydrogens is 346 g/mol. The molecule has 1 aromatic heterocycles. The van der Waals surface area contributed by atoms with Gasteiger partial charge in [0.2, 0.25) is 0 Å². The Balaban J connectivity index is 2.11. The van der Waals surface area contributed by atoms with Gasteiger partial charge in [0.05, 0.1) is 11.2 Å². The van der Waals surface area contributed by atoms with Crippen LogP contribution in [0.1, 0.15) is 5.56 Å². The highest BCUT2D eigenvalue weighted by atomic mass is 79.9. The number of pyridine rings is 1. The number of hydrogen-bond donors (Lipinski definition) is 2. The summed E-state index contributed by atoms with van der Waals surface area (Å²) in [6, 6.07) is 15.7. The maximum atomic E-state index is 5.79. The molecule has 0 atom stereocenters. The van der Waals surface area contributed by atoms with Crippen LogP contribution in [-0.4, -0.2) is 9.97 Å². The number of fused-ring (bicyclic) bond motifs is 1. The summed E-state index contributed by atoms with van der Waals surface area (Å²) < 4.78 is 0.957. The number of para-hydroxylation sites is 1. The van der Waals surface area contributed by atoms with Gasteiger partial charge < -0.3 is 11.1 Å². The number of halogens is 1. The minimum atomic E-state index is 0.359. The second kappa shape index (κ2) is 5.79. The second-order valence-corrected chi connectivity index (χ2v) is 5.92. The van der Waals surface area contributed by atoms with E-state index in [-0.39, 0.29) is 0 Å². The normalized spacial score (nSPS) is 10.5. The van der Waals surface area contributed by atoms with Crippen molar-refractivity contribution in [2.75, 3.05) is 5.32 Å². The summed E-state index contributed by atoms with van der Waals surface area (Å²) in [5, 5.41) is 4.46. The van der Waals surface area contributed by atoms with E-state index in [1.165, 1.54) is 0 Å². The number of anilines is 2. The monoisotopic (exact) mass is 357 g/mol. The first-order valence-electron chi connectivity index (χ1n) is 6.35. The van der Waals surface area contributed by atoms with Crippen LogP contribution in [0.5, 0.6) is 0 Å². The summed E-state index contributed by atoms with van der Waals surface area (Å²) in [5.41, 5.74) is 9.29. The van der Waals surface area contributed by atoms with Crippen LogP contribution in [0, 0.1) is 0 Å². The Hall–Kier alpha value is -1.98. The summed E-state index contributed by atoms with van der Waals surface area (Å²) in [5.74, 6) is 0. The van der Waals surface area contributed by atoms with Gasteiger partial charge in [-0.15, -0.1) is 0 Å². The minimum absolute atomic E-state index is 0.359. The van der Waals surface area contributed by atoms with Gasteiger partial charge in [-0.3, -0.25) is 4.98 Å². The molecule has 0 aliphatic carbocycles. The Morgan fingerprint density at radius 1 is 1.10 bits per heavy atom. The van der Waals surface area contributed by atoms with Gasteiger partial charge in [-0.05, 0) is 30.3 Å². The summed E-state index contributed by atoms with van der Waals surface area (Å²) in [6.07, 6.45) is 1.78. The van der Waals surface area contributed by atoms with E-state index in [4.69, 9.17) is 18.0 Å². The maximum absolute atomic E-state index is 5.79. The van der Waals surface area contributed by atoms with Crippen LogP contribution >= 0.6 is 28.1 Å². The third kappa shape index (κ3) is 2.89. The Morgan fingerprint density at radius 2 is 1.90 bits per heavy atom. The average molecular weight is 358 g/mol. The Labute approximate surface area is 136 Å². The molecule has 0 spiro atoms. The smallest absolute Gasteiger partial charge is 0.106 e. The van der Waals surface area contributed by atoms with Crippen molar-refractivity contribution in [3.8, 4) is 0 Å². The Kier molecular flexibility index (Phi) is 3.86. The molecule has 0 saturated carbocycles. The summed E-state index contributed by atoms with van der Waals surface area (Å²) in [6.45, 7) is 0. The minimum Gasteiger partial charge on any atom is -0.389 e. The molecule has 0 unspecified atom stereocenters. The zero-order valence-electron chi connectivity index (χ0n) is 11.0. The van der Waals surface area contributed by atoms with Gasteiger partial charge in [0.15, 0.2) is 0 Å². The van der Waals surface area contributed by atoms with E-state index >= 15 is 0 Å². The van der Waals surface area contributed by atoms with Crippen molar-refractivity contribution in [2.45, 2.75) is 0 Å². The SMILES string of the molecule is NC(=S)c1ccc(Br)cc1Nc1cccc2cccnc12. The first-order chi connectivity index (χ1) is 10.1. The summed E-state index contributed by atoms with van der Waals surface area (Å²) >= 11 is 8.58. The number of hydrogen-bond acceptors (Lipinski definition) is 3. The lowest BCUT2D eigenvalue weighted by molar-refractivity contribution is 1.40. The molecule has 3 aromatic rings. The molecule has 0 radical (unpaired) electrons. The number of aromatic nitrogens is 1. The molecule has 3 N–H and O–H groups in total. The van der Waals surface area contributed by atoms with Gasteiger partial charge in [0, 0.05) is 27.3 Å². The van der Waals surface area contributed by atoms with Crippen molar-refractivity contribution in [3.05, 3.63) is 64.8 Å². The average Bonchev–Trinajstić information content (AvgIpc) is 2.47. The fourth-order valence-corrected chi connectivity index (χ4v) is 2.72. The van der Waals surface area contributed by atoms with Crippen LogP contribution in [0.2, 0.25) is 0 Å². The number of benzene rings is 2. The van der Waals surface area contributed by atoms with Crippen molar-refractivity contribution in [1.82, 2.24) is 4.98 Å². The predicted octanol–water partition coefficient (Wildman–Crippen LogP) is 4.38. The molecule has 0 aliphatic heterocycles. The molecule has 0 bridgehead atoms. The molecule has 1 heterocycles. The molecule has 104 valence electrons. The highest BCUT2D eigenvalue weighted by molar-refractivity contribution is 9.10. The molecule has 3 nitrogen and oxygen atoms in total. The first kappa shape index (κ1) is 14.0. The molecule has 5 heteroatoms. The second-order valence-electron chi connectivity index (χ2n) is 4.56. The van der Waals surface area contributed by atoms with Crippen LogP contribution in [0.25, 0.3) is 10.9 Å². The fourth-order valence-electron chi connectivity index (χ4n) is 2.18. The lowest BCUT2D eigenvalue weighted by Crippen LogP contribution is -2.12. The van der Waals surface area contributed by atoms with Gasteiger partial charge in [0.25, 0.3) is 0 Å².